The summed E-state index contributed by atoms with van der Waals surface area (Å²) < 4.78 is 17.5. The molecule has 0 atom stereocenters. The van der Waals surface area contributed by atoms with E-state index in [-0.39, 0.29) is 18.0 Å². The molecule has 9 heteroatoms. The number of nitrogens with zero attached hydrogens (tertiary/aromatic N) is 2. The van der Waals surface area contributed by atoms with Gasteiger partial charge in [-0.1, -0.05) is 195 Å². The van der Waals surface area contributed by atoms with Crippen LogP contribution in [0.5, 0.6) is 0 Å². The molecule has 0 aliphatic carbocycles. The van der Waals surface area contributed by atoms with E-state index in [1.807, 2.05) is 20.8 Å². The van der Waals surface area contributed by atoms with Crippen molar-refractivity contribution in [1.82, 2.24) is 9.80 Å². The number of likely N-dealkylation sites (tertiary alicyclic amines) is 1. The Hall–Kier alpha value is -1.87. The number of amides is 1. The molecule has 1 rings (SSSR count). The monoisotopic (exact) mass is 963 g/mol. The van der Waals surface area contributed by atoms with Gasteiger partial charge in [0.25, 0.3) is 0 Å². The highest BCUT2D eigenvalue weighted by Crippen LogP contribution is 2.27. The zero-order chi connectivity index (χ0) is 50.0. The Balaban J connectivity index is 2.67. The molecule has 0 radical (unpaired) electrons. The Morgan fingerprint density at radius 3 is 1.16 bits per heavy atom. The van der Waals surface area contributed by atoms with Crippen molar-refractivity contribution < 1.29 is 33.7 Å². The molecule has 0 unspecified atom stereocenters. The van der Waals surface area contributed by atoms with Crippen LogP contribution in [0.1, 0.15) is 292 Å². The van der Waals surface area contributed by atoms with Gasteiger partial charge in [0.2, 0.25) is 0 Å². The standard InChI is InChI=1S/C59H114N2O7/c1-8-12-16-20-24-30-38-53(39-31-25-21-17-13-9-2)50-66-55(62)42-34-28-36-46-60(52-59(65)44-48-61(49-45-59)57(64)68-58(5,6)7)47-37-29-35-43-56(63)67-51-54(40-32-26-22-18-14-10-3)41-33-27-23-19-15-11-4/h53-54,65H,8-52H2,1-7H3. The Morgan fingerprint density at radius 2 is 0.824 bits per heavy atom. The maximum atomic E-state index is 13.0. The summed E-state index contributed by atoms with van der Waals surface area (Å²) in [7, 11) is 0. The first-order chi connectivity index (χ1) is 32.8. The number of rotatable bonds is 46. The Bertz CT molecular complexity index is 1090. The highest BCUT2D eigenvalue weighted by atomic mass is 16.6. The molecule has 0 aromatic rings. The SMILES string of the molecule is CCCCCCCCC(CCCCCCCC)COC(=O)CCCCCN(CCCCCC(=O)OCC(CCCCCCCC)CCCCCCCC)CC1(O)CCN(C(=O)OC(C)(C)C)CC1. The molecule has 1 aliphatic heterocycles. The number of hydrogen-bond acceptors (Lipinski definition) is 8. The van der Waals surface area contributed by atoms with Gasteiger partial charge in [0.1, 0.15) is 5.60 Å². The quantitative estimate of drug-likeness (QED) is 0.0365. The fraction of sp³-hybridized carbons (Fsp3) is 0.949. The molecule has 1 N–H and O–H groups in total. The summed E-state index contributed by atoms with van der Waals surface area (Å²) in [6.07, 6.45) is 42.7. The van der Waals surface area contributed by atoms with Crippen LogP contribution in [0.4, 0.5) is 4.79 Å². The van der Waals surface area contributed by atoms with Gasteiger partial charge < -0.3 is 29.1 Å². The topological polar surface area (TPSA) is 106 Å². The van der Waals surface area contributed by atoms with E-state index in [0.29, 0.717) is 70.4 Å². The molecule has 0 aromatic heterocycles. The number of piperidine rings is 1. The van der Waals surface area contributed by atoms with Gasteiger partial charge in [-0.3, -0.25) is 9.59 Å². The number of carbonyl (C=O) groups is 3. The van der Waals surface area contributed by atoms with Crippen LogP contribution >= 0.6 is 0 Å². The maximum Gasteiger partial charge on any atom is 0.410 e. The Kier molecular flexibility index (Phi) is 40.4. The van der Waals surface area contributed by atoms with E-state index in [2.05, 4.69) is 32.6 Å². The van der Waals surface area contributed by atoms with Gasteiger partial charge in [-0.15, -0.1) is 0 Å². The molecule has 1 saturated heterocycles. The molecule has 0 aromatic carbocycles. The van der Waals surface area contributed by atoms with Crippen LogP contribution in [-0.2, 0) is 23.8 Å². The average molecular weight is 964 g/mol. The molecule has 0 bridgehead atoms. The molecule has 0 spiro atoms. The second-order valence-electron chi connectivity index (χ2n) is 22.4. The molecule has 68 heavy (non-hydrogen) atoms. The number of carbonyl (C=O) groups excluding carboxylic acids is 3. The van der Waals surface area contributed by atoms with Gasteiger partial charge in [-0.25, -0.2) is 4.79 Å². The van der Waals surface area contributed by atoms with E-state index in [1.54, 1.807) is 4.90 Å². The van der Waals surface area contributed by atoms with E-state index >= 15 is 0 Å². The van der Waals surface area contributed by atoms with Crippen molar-refractivity contribution in [2.24, 2.45) is 11.8 Å². The fourth-order valence-corrected chi connectivity index (χ4v) is 9.88. The lowest BCUT2D eigenvalue weighted by Crippen LogP contribution is -2.53. The number of aliphatic hydroxyl groups is 1. The average Bonchev–Trinajstić information content (AvgIpc) is 3.30. The van der Waals surface area contributed by atoms with Gasteiger partial charge in [0, 0.05) is 32.5 Å². The van der Waals surface area contributed by atoms with E-state index < -0.39 is 11.2 Å². The molecule has 1 amide bonds. The molecule has 1 aliphatic rings. The van der Waals surface area contributed by atoms with Gasteiger partial charge in [-0.05, 0) is 110 Å². The minimum atomic E-state index is -0.880. The highest BCUT2D eigenvalue weighted by Gasteiger charge is 2.36. The third-order valence-electron chi connectivity index (χ3n) is 14.4. The van der Waals surface area contributed by atoms with Crippen LogP contribution in [0, 0.1) is 11.8 Å². The predicted octanol–water partition coefficient (Wildman–Crippen LogP) is 16.5. The molecule has 1 heterocycles. The van der Waals surface area contributed by atoms with Crippen molar-refractivity contribution >= 4 is 18.0 Å². The largest absolute Gasteiger partial charge is 0.465 e. The summed E-state index contributed by atoms with van der Waals surface area (Å²) in [4.78, 5) is 42.8. The van der Waals surface area contributed by atoms with E-state index in [9.17, 15) is 19.5 Å². The zero-order valence-corrected chi connectivity index (χ0v) is 46.3. The van der Waals surface area contributed by atoms with Gasteiger partial charge >= 0.3 is 18.0 Å². The third-order valence-corrected chi connectivity index (χ3v) is 14.4. The van der Waals surface area contributed by atoms with E-state index in [4.69, 9.17) is 14.2 Å². The number of esters is 2. The van der Waals surface area contributed by atoms with Crippen LogP contribution in [0.2, 0.25) is 0 Å². The molecule has 1 fully saturated rings. The van der Waals surface area contributed by atoms with E-state index in [1.165, 1.54) is 180 Å². The van der Waals surface area contributed by atoms with Crippen LogP contribution in [0.15, 0.2) is 0 Å². The van der Waals surface area contributed by atoms with Crippen molar-refractivity contribution in [2.75, 3.05) is 45.9 Å². The van der Waals surface area contributed by atoms with E-state index in [0.717, 1.165) is 51.6 Å². The Morgan fingerprint density at radius 1 is 0.500 bits per heavy atom. The molecular weight excluding hydrogens is 849 g/mol. The van der Waals surface area contributed by atoms with Gasteiger partial charge in [0.15, 0.2) is 0 Å². The number of ether oxygens (including phenoxy) is 3. The maximum absolute atomic E-state index is 13.0. The van der Waals surface area contributed by atoms with Crippen molar-refractivity contribution in [2.45, 2.75) is 304 Å². The summed E-state index contributed by atoms with van der Waals surface area (Å²) in [6.45, 7) is 19.0. The van der Waals surface area contributed by atoms with Crippen LogP contribution < -0.4 is 0 Å². The zero-order valence-electron chi connectivity index (χ0n) is 46.3. The first-order valence-electron chi connectivity index (χ1n) is 29.6. The van der Waals surface area contributed by atoms with Crippen molar-refractivity contribution in [1.29, 1.82) is 0 Å². The lowest BCUT2D eigenvalue weighted by atomic mass is 9.90. The summed E-state index contributed by atoms with van der Waals surface area (Å²) in [5.74, 6) is 0.829. The molecular formula is C59H114N2O7. The minimum absolute atomic E-state index is 0.0616. The first kappa shape index (κ1) is 64.1. The van der Waals surface area contributed by atoms with Crippen LogP contribution in [0.3, 0.4) is 0 Å². The van der Waals surface area contributed by atoms with Crippen molar-refractivity contribution in [3.8, 4) is 0 Å². The fourth-order valence-electron chi connectivity index (χ4n) is 9.88. The lowest BCUT2D eigenvalue weighted by Gasteiger charge is -2.41. The summed E-state index contributed by atoms with van der Waals surface area (Å²) >= 11 is 0. The van der Waals surface area contributed by atoms with Gasteiger partial charge in [0.05, 0.1) is 18.8 Å². The van der Waals surface area contributed by atoms with Gasteiger partial charge in [-0.2, -0.15) is 0 Å². The normalized spacial score (nSPS) is 14.1. The second-order valence-corrected chi connectivity index (χ2v) is 22.4. The van der Waals surface area contributed by atoms with Crippen LogP contribution in [0.25, 0.3) is 0 Å². The number of hydrogen-bond donors (Lipinski definition) is 1. The minimum Gasteiger partial charge on any atom is -0.465 e. The predicted molar refractivity (Wildman–Crippen MR) is 286 cm³/mol. The van der Waals surface area contributed by atoms with Crippen molar-refractivity contribution in [3.05, 3.63) is 0 Å². The summed E-state index contributed by atoms with van der Waals surface area (Å²) in [5, 5.41) is 11.8. The second kappa shape index (κ2) is 42.8. The number of unbranched alkanes of at least 4 members (excludes halogenated alkanes) is 24. The molecule has 9 nitrogen and oxygen atoms in total. The Labute approximate surface area is 421 Å². The van der Waals surface area contributed by atoms with Crippen LogP contribution in [-0.4, -0.2) is 90.1 Å². The summed E-state index contributed by atoms with van der Waals surface area (Å²) in [6, 6.07) is 0. The molecule has 0 saturated carbocycles. The summed E-state index contributed by atoms with van der Waals surface area (Å²) in [5.41, 5.74) is -1.43. The highest BCUT2D eigenvalue weighted by molar-refractivity contribution is 5.69. The third kappa shape index (κ3) is 37.9. The van der Waals surface area contributed by atoms with Crippen molar-refractivity contribution in [3.63, 3.8) is 0 Å². The first-order valence-corrected chi connectivity index (χ1v) is 29.6. The molecule has 402 valence electrons. The lowest BCUT2D eigenvalue weighted by molar-refractivity contribution is -0.146. The smallest absolute Gasteiger partial charge is 0.410 e.